The van der Waals surface area contributed by atoms with Crippen molar-refractivity contribution >= 4 is 30.5 Å². The van der Waals surface area contributed by atoms with Gasteiger partial charge in [0.05, 0.1) is 30.1 Å². The zero-order valence-corrected chi connectivity index (χ0v) is 25.0. The van der Waals surface area contributed by atoms with Gasteiger partial charge in [0.2, 0.25) is 5.91 Å². The number of amides is 1. The second kappa shape index (κ2) is 13.2. The summed E-state index contributed by atoms with van der Waals surface area (Å²) >= 11 is 0. The van der Waals surface area contributed by atoms with Crippen LogP contribution >= 0.6 is 7.82 Å². The van der Waals surface area contributed by atoms with Crippen molar-refractivity contribution in [2.45, 2.75) is 20.1 Å². The molecule has 1 amide bonds. The van der Waals surface area contributed by atoms with E-state index >= 15 is 0 Å². The van der Waals surface area contributed by atoms with Crippen molar-refractivity contribution in [2.75, 3.05) is 39.2 Å². The summed E-state index contributed by atoms with van der Waals surface area (Å²) in [6, 6.07) is 13.1. The zero-order valence-electron chi connectivity index (χ0n) is 24.1. The number of benzene rings is 1. The number of fused-ring (bicyclic) bond motifs is 1. The van der Waals surface area contributed by atoms with Crippen LogP contribution in [0.15, 0.2) is 73.3 Å². The number of rotatable bonds is 11. The van der Waals surface area contributed by atoms with Crippen LogP contribution in [0.3, 0.4) is 0 Å². The molecule has 3 heterocycles. The molecule has 1 aromatic carbocycles. The molecule has 0 aliphatic heterocycles. The second-order valence-corrected chi connectivity index (χ2v) is 11.2. The lowest BCUT2D eigenvalue weighted by Crippen LogP contribution is -2.24. The molecule has 3 aromatic heterocycles. The van der Waals surface area contributed by atoms with Gasteiger partial charge in [-0.2, -0.15) is 5.26 Å². The van der Waals surface area contributed by atoms with Crippen molar-refractivity contribution in [3.8, 4) is 28.3 Å². The number of carbonyl (C=O) groups is 1. The van der Waals surface area contributed by atoms with E-state index in [1.807, 2.05) is 37.2 Å². The minimum Gasteiger partial charge on any atom is -0.310 e. The van der Waals surface area contributed by atoms with Crippen LogP contribution in [0.5, 0.6) is 0 Å². The Kier molecular flexibility index (Phi) is 9.68. The Morgan fingerprint density at radius 1 is 1.17 bits per heavy atom. The van der Waals surface area contributed by atoms with Gasteiger partial charge in [-0.1, -0.05) is 18.2 Å². The van der Waals surface area contributed by atoms with E-state index < -0.39 is 14.1 Å². The van der Waals surface area contributed by atoms with Gasteiger partial charge in [0.25, 0.3) is 0 Å². The molecule has 1 N–H and O–H groups in total. The summed E-state index contributed by atoms with van der Waals surface area (Å²) in [5.74, 6) is -0.177. The van der Waals surface area contributed by atoms with E-state index in [0.29, 0.717) is 23.4 Å². The lowest BCUT2D eigenvalue weighted by Gasteiger charge is -2.19. The average Bonchev–Trinajstić information content (AvgIpc) is 3.35. The van der Waals surface area contributed by atoms with Gasteiger partial charge in [-0.25, -0.2) is 9.55 Å². The highest BCUT2D eigenvalue weighted by molar-refractivity contribution is 7.47. The molecule has 4 aromatic rings. The van der Waals surface area contributed by atoms with Gasteiger partial charge in [0.15, 0.2) is 0 Å². The summed E-state index contributed by atoms with van der Waals surface area (Å²) in [5.41, 5.74) is 4.60. The fourth-order valence-corrected chi connectivity index (χ4v) is 5.24. The number of phosphoric acid groups is 1. The maximum Gasteiger partial charge on any atom is 0.474 e. The van der Waals surface area contributed by atoms with Gasteiger partial charge in [-0.3, -0.25) is 18.8 Å². The molecule has 2 unspecified atom stereocenters. The van der Waals surface area contributed by atoms with Crippen LogP contribution in [0.25, 0.3) is 33.3 Å². The molecule has 218 valence electrons. The molecule has 2 atom stereocenters. The van der Waals surface area contributed by atoms with Crippen molar-refractivity contribution < 1.29 is 23.3 Å². The van der Waals surface area contributed by atoms with Crippen LogP contribution in [-0.2, 0) is 18.4 Å². The Labute approximate surface area is 244 Å². The lowest BCUT2D eigenvalue weighted by atomic mass is 10.0. The molecule has 0 fully saturated rings. The van der Waals surface area contributed by atoms with Gasteiger partial charge < -0.3 is 19.3 Å². The van der Waals surface area contributed by atoms with Crippen molar-refractivity contribution in [1.82, 2.24) is 19.4 Å². The molecule has 0 radical (unpaired) electrons. The quantitative estimate of drug-likeness (QED) is 0.181. The highest BCUT2D eigenvalue weighted by atomic mass is 31.2. The molecule has 12 heteroatoms. The molecule has 0 spiro atoms. The highest BCUT2D eigenvalue weighted by Gasteiger charge is 2.26. The smallest absolute Gasteiger partial charge is 0.310 e. The van der Waals surface area contributed by atoms with Gasteiger partial charge in [0, 0.05) is 60.3 Å². The molecule has 0 bridgehead atoms. The van der Waals surface area contributed by atoms with E-state index in [1.54, 1.807) is 74.5 Å². The molecule has 0 saturated carbocycles. The highest BCUT2D eigenvalue weighted by Crippen LogP contribution is 2.47. The average molecular weight is 589 g/mol. The van der Waals surface area contributed by atoms with Crippen LogP contribution in [0.2, 0.25) is 0 Å². The topological polar surface area (TPSA) is 134 Å². The fourth-order valence-electron chi connectivity index (χ4n) is 4.36. The number of pyridine rings is 2. The maximum atomic E-state index is 12.7. The van der Waals surface area contributed by atoms with Crippen LogP contribution in [0.4, 0.5) is 5.69 Å². The number of phosphoric ester groups is 1. The monoisotopic (exact) mass is 588 g/mol. The van der Waals surface area contributed by atoms with Crippen molar-refractivity contribution in [1.29, 1.82) is 5.26 Å². The van der Waals surface area contributed by atoms with Crippen molar-refractivity contribution in [3.63, 3.8) is 0 Å². The van der Waals surface area contributed by atoms with E-state index in [1.165, 1.54) is 11.0 Å². The summed E-state index contributed by atoms with van der Waals surface area (Å²) in [6.07, 6.45) is 9.19. The number of aromatic nitrogens is 3. The van der Waals surface area contributed by atoms with Crippen LogP contribution in [0, 0.1) is 11.3 Å². The van der Waals surface area contributed by atoms with Crippen molar-refractivity contribution in [2.24, 2.45) is 0 Å². The Morgan fingerprint density at radius 3 is 2.64 bits per heavy atom. The third-order valence-corrected chi connectivity index (χ3v) is 7.60. The van der Waals surface area contributed by atoms with E-state index in [2.05, 4.69) is 11.1 Å². The summed E-state index contributed by atoms with van der Waals surface area (Å²) < 4.78 is 24.3. The SMILES string of the molecule is CCOP(=O)(O)OC(C)n1cc(-c2cccc(C#N)c2)c2cc(-c3cncc(N(C)C(=O)/C=C/CN(C)C)c3)cnc21. The summed E-state index contributed by atoms with van der Waals surface area (Å²) in [6.45, 7) is 3.89. The first kappa shape index (κ1) is 30.8. The normalized spacial score (nSPS) is 13.8. The van der Waals surface area contributed by atoms with E-state index in [4.69, 9.17) is 14.0 Å². The van der Waals surface area contributed by atoms with E-state index in [9.17, 15) is 19.5 Å². The third-order valence-electron chi connectivity index (χ3n) is 6.45. The summed E-state index contributed by atoms with van der Waals surface area (Å²) in [7, 11) is 1.24. The van der Waals surface area contributed by atoms with Gasteiger partial charge in [-0.05, 0) is 57.8 Å². The van der Waals surface area contributed by atoms with Crippen LogP contribution < -0.4 is 4.90 Å². The number of hydrogen-bond acceptors (Lipinski definition) is 8. The molecule has 0 aliphatic rings. The number of anilines is 1. The molecule has 42 heavy (non-hydrogen) atoms. The molecule has 0 aliphatic carbocycles. The van der Waals surface area contributed by atoms with E-state index in [0.717, 1.165) is 27.6 Å². The molecular formula is C30H33N6O5P. The largest absolute Gasteiger partial charge is 0.474 e. The fraction of sp³-hybridized carbons (Fsp3) is 0.267. The second-order valence-electron chi connectivity index (χ2n) is 9.82. The first-order valence-electron chi connectivity index (χ1n) is 13.2. The molecule has 0 saturated heterocycles. The standard InChI is InChI=1S/C30H33N6O5P/c1-6-40-42(38,39)41-21(2)36-20-28(23-10-7-9-22(13-23)16-31)27-15-25(18-33-30(27)36)24-14-26(19-32-17-24)35(5)29(37)11-8-12-34(3)4/h7-11,13-15,17-21H,6,12H2,1-5H3,(H,38,39)/b11-8+. The van der Waals surface area contributed by atoms with Gasteiger partial charge >= 0.3 is 7.82 Å². The molecule has 11 nitrogen and oxygen atoms in total. The van der Waals surface area contributed by atoms with Crippen molar-refractivity contribution in [3.05, 3.63) is 78.9 Å². The third kappa shape index (κ3) is 7.18. The Bertz CT molecular complexity index is 1710. The summed E-state index contributed by atoms with van der Waals surface area (Å²) in [5, 5.41) is 10.2. The lowest BCUT2D eigenvalue weighted by molar-refractivity contribution is -0.113. The first-order valence-corrected chi connectivity index (χ1v) is 14.7. The number of carbonyl (C=O) groups excluding carboxylic acids is 1. The van der Waals surface area contributed by atoms with Gasteiger partial charge in [-0.15, -0.1) is 0 Å². The number of hydrogen-bond donors (Lipinski definition) is 1. The van der Waals surface area contributed by atoms with E-state index in [-0.39, 0.29) is 12.5 Å². The molecule has 4 rings (SSSR count). The number of nitriles is 1. The van der Waals surface area contributed by atoms with Crippen LogP contribution in [0.1, 0.15) is 25.6 Å². The minimum atomic E-state index is -4.30. The predicted octanol–water partition coefficient (Wildman–Crippen LogP) is 5.39. The maximum absolute atomic E-state index is 12.7. The Hall–Kier alpha value is -4.17. The van der Waals surface area contributed by atoms with Crippen LogP contribution in [-0.4, -0.2) is 64.5 Å². The minimum absolute atomic E-state index is 0.0149. The predicted molar refractivity (Wildman–Crippen MR) is 161 cm³/mol. The van der Waals surface area contributed by atoms with Gasteiger partial charge in [0.1, 0.15) is 11.9 Å². The Balaban J connectivity index is 1.78. The number of nitrogens with zero attached hydrogens (tertiary/aromatic N) is 6. The Morgan fingerprint density at radius 2 is 1.93 bits per heavy atom. The molecular weight excluding hydrogens is 555 g/mol. The summed E-state index contributed by atoms with van der Waals surface area (Å²) in [4.78, 5) is 35.3. The number of likely N-dealkylation sites (N-methyl/N-ethyl adjacent to an activating group) is 2. The zero-order chi connectivity index (χ0) is 30.4. The first-order chi connectivity index (χ1) is 20.0.